The van der Waals surface area contributed by atoms with Crippen LogP contribution in [-0.4, -0.2) is 22.2 Å². The summed E-state index contributed by atoms with van der Waals surface area (Å²) in [4.78, 5) is 21.4. The summed E-state index contributed by atoms with van der Waals surface area (Å²) in [6.45, 7) is 0. The van der Waals surface area contributed by atoms with Crippen LogP contribution in [0.1, 0.15) is 21.5 Å². The molecule has 4 heteroatoms. The number of hydrogen-bond acceptors (Lipinski definition) is 2. The third-order valence-corrected chi connectivity index (χ3v) is 2.38. The maximum absolute atomic E-state index is 10.7. The lowest BCUT2D eigenvalue weighted by Gasteiger charge is -1.99. The van der Waals surface area contributed by atoms with Gasteiger partial charge in [0.1, 0.15) is 0 Å². The van der Waals surface area contributed by atoms with Crippen molar-refractivity contribution in [3.8, 4) is 0 Å². The Labute approximate surface area is 85.5 Å². The number of aliphatic carboxylic acids is 1. The van der Waals surface area contributed by atoms with Gasteiger partial charge in [0.05, 0.1) is 5.56 Å². The van der Waals surface area contributed by atoms with E-state index < -0.39 is 11.9 Å². The zero-order chi connectivity index (χ0) is 11.0. The third kappa shape index (κ3) is 1.61. The maximum atomic E-state index is 10.7. The lowest BCUT2D eigenvalue weighted by Crippen LogP contribution is -2.00. The van der Waals surface area contributed by atoms with Gasteiger partial charge in [-0.15, -0.1) is 0 Å². The Bertz CT molecular complexity index is 485. The van der Waals surface area contributed by atoms with Crippen molar-refractivity contribution in [3.63, 3.8) is 0 Å². The Morgan fingerprint density at radius 3 is 2.47 bits per heavy atom. The van der Waals surface area contributed by atoms with Gasteiger partial charge in [-0.3, -0.25) is 0 Å². The van der Waals surface area contributed by atoms with Crippen LogP contribution in [0.15, 0.2) is 23.8 Å². The maximum Gasteiger partial charge on any atom is 0.335 e. The van der Waals surface area contributed by atoms with E-state index in [2.05, 4.69) is 0 Å². The zero-order valence-electron chi connectivity index (χ0n) is 7.73. The monoisotopic (exact) mass is 204 g/mol. The van der Waals surface area contributed by atoms with Gasteiger partial charge in [-0.05, 0) is 29.3 Å². The van der Waals surface area contributed by atoms with E-state index in [1.54, 1.807) is 12.1 Å². The molecule has 2 N–H and O–H groups in total. The summed E-state index contributed by atoms with van der Waals surface area (Å²) in [5, 5.41) is 17.5. The van der Waals surface area contributed by atoms with Crippen LogP contribution in [0.3, 0.4) is 0 Å². The first-order valence-electron chi connectivity index (χ1n) is 4.38. The number of carbonyl (C=O) groups is 2. The van der Waals surface area contributed by atoms with Crippen molar-refractivity contribution in [2.75, 3.05) is 0 Å². The summed E-state index contributed by atoms with van der Waals surface area (Å²) in [7, 11) is 0. The molecule has 0 bridgehead atoms. The summed E-state index contributed by atoms with van der Waals surface area (Å²) >= 11 is 0. The summed E-state index contributed by atoms with van der Waals surface area (Å²) in [6.07, 6.45) is 1.87. The first-order chi connectivity index (χ1) is 7.08. The summed E-state index contributed by atoms with van der Waals surface area (Å²) in [5.41, 5.74) is 2.03. The van der Waals surface area contributed by atoms with Crippen LogP contribution >= 0.6 is 0 Å². The van der Waals surface area contributed by atoms with Crippen LogP contribution in [0.4, 0.5) is 0 Å². The van der Waals surface area contributed by atoms with E-state index in [0.29, 0.717) is 12.0 Å². The van der Waals surface area contributed by atoms with Crippen molar-refractivity contribution in [1.29, 1.82) is 0 Å². The molecular formula is C11H8O4. The summed E-state index contributed by atoms with van der Waals surface area (Å²) in [6, 6.07) is 4.63. The second kappa shape index (κ2) is 3.24. The average molecular weight is 204 g/mol. The molecule has 0 spiro atoms. The van der Waals surface area contributed by atoms with Gasteiger partial charge in [-0.2, -0.15) is 0 Å². The quantitative estimate of drug-likeness (QED) is 0.763. The van der Waals surface area contributed by atoms with Crippen LogP contribution in [0, 0.1) is 0 Å². The fourth-order valence-electron chi connectivity index (χ4n) is 1.61. The highest BCUT2D eigenvalue weighted by Crippen LogP contribution is 2.25. The standard InChI is InChI=1S/C11H8O4/c12-10(13)7-2-1-6-3-9(11(14)15)5-8(6)4-7/h1-4H,5H2,(H,12,13)(H,14,15). The number of rotatable bonds is 2. The number of carboxylic acids is 2. The summed E-state index contributed by atoms with van der Waals surface area (Å²) < 4.78 is 0. The Morgan fingerprint density at radius 1 is 1.13 bits per heavy atom. The highest BCUT2D eigenvalue weighted by Gasteiger charge is 2.18. The molecule has 2 rings (SSSR count). The molecular weight excluding hydrogens is 196 g/mol. The van der Waals surface area contributed by atoms with Gasteiger partial charge < -0.3 is 10.2 Å². The van der Waals surface area contributed by atoms with E-state index >= 15 is 0 Å². The van der Waals surface area contributed by atoms with Gasteiger partial charge in [-0.1, -0.05) is 6.07 Å². The highest BCUT2D eigenvalue weighted by atomic mass is 16.4. The predicted octanol–water partition coefficient (Wildman–Crippen LogP) is 1.41. The number of hydrogen-bond donors (Lipinski definition) is 2. The molecule has 0 saturated carbocycles. The average Bonchev–Trinajstić information content (AvgIpc) is 2.59. The number of benzene rings is 1. The number of fused-ring (bicyclic) bond motifs is 1. The normalized spacial score (nSPS) is 13.2. The van der Waals surface area contributed by atoms with Crippen molar-refractivity contribution >= 4 is 18.0 Å². The van der Waals surface area contributed by atoms with Gasteiger partial charge >= 0.3 is 11.9 Å². The molecule has 0 aromatic heterocycles. The molecule has 1 aliphatic carbocycles. The Kier molecular flexibility index (Phi) is 2.04. The Morgan fingerprint density at radius 2 is 1.87 bits per heavy atom. The van der Waals surface area contributed by atoms with Crippen LogP contribution < -0.4 is 0 Å². The Balaban J connectivity index is 2.38. The van der Waals surface area contributed by atoms with E-state index in [9.17, 15) is 9.59 Å². The van der Waals surface area contributed by atoms with Crippen molar-refractivity contribution in [2.24, 2.45) is 0 Å². The van der Waals surface area contributed by atoms with E-state index in [1.807, 2.05) is 0 Å². The minimum atomic E-state index is -0.999. The summed E-state index contributed by atoms with van der Waals surface area (Å²) in [5.74, 6) is -1.95. The van der Waals surface area contributed by atoms with Crippen molar-refractivity contribution in [3.05, 3.63) is 40.5 Å². The molecule has 15 heavy (non-hydrogen) atoms. The molecule has 0 radical (unpaired) electrons. The van der Waals surface area contributed by atoms with Crippen molar-refractivity contribution < 1.29 is 19.8 Å². The molecule has 1 aliphatic rings. The van der Waals surface area contributed by atoms with Gasteiger partial charge in [0, 0.05) is 12.0 Å². The largest absolute Gasteiger partial charge is 0.478 e. The molecule has 0 aliphatic heterocycles. The highest BCUT2D eigenvalue weighted by molar-refractivity contribution is 5.96. The van der Waals surface area contributed by atoms with Gasteiger partial charge in [0.15, 0.2) is 0 Å². The Hall–Kier alpha value is -2.10. The van der Waals surface area contributed by atoms with Crippen LogP contribution in [0.2, 0.25) is 0 Å². The second-order valence-corrected chi connectivity index (χ2v) is 3.37. The van der Waals surface area contributed by atoms with E-state index in [1.165, 1.54) is 12.1 Å². The minimum absolute atomic E-state index is 0.189. The second-order valence-electron chi connectivity index (χ2n) is 3.37. The predicted molar refractivity (Wildman–Crippen MR) is 52.7 cm³/mol. The minimum Gasteiger partial charge on any atom is -0.478 e. The molecule has 4 nitrogen and oxygen atoms in total. The SMILES string of the molecule is O=C(O)C1=Cc2ccc(C(=O)O)cc2C1. The molecule has 1 aromatic carbocycles. The van der Waals surface area contributed by atoms with Gasteiger partial charge in [0.25, 0.3) is 0 Å². The van der Waals surface area contributed by atoms with E-state index in [0.717, 1.165) is 11.1 Å². The van der Waals surface area contributed by atoms with E-state index in [4.69, 9.17) is 10.2 Å². The van der Waals surface area contributed by atoms with Crippen LogP contribution in [0.5, 0.6) is 0 Å². The lowest BCUT2D eigenvalue weighted by molar-refractivity contribution is -0.132. The number of aromatic carboxylic acids is 1. The van der Waals surface area contributed by atoms with E-state index in [-0.39, 0.29) is 5.56 Å². The molecule has 0 fully saturated rings. The lowest BCUT2D eigenvalue weighted by atomic mass is 10.1. The fraction of sp³-hybridized carbons (Fsp3) is 0.0909. The van der Waals surface area contributed by atoms with Gasteiger partial charge in [0.2, 0.25) is 0 Å². The van der Waals surface area contributed by atoms with Gasteiger partial charge in [-0.25, -0.2) is 9.59 Å². The van der Waals surface area contributed by atoms with Crippen LogP contribution in [-0.2, 0) is 11.2 Å². The molecule has 0 amide bonds. The molecule has 76 valence electrons. The smallest absolute Gasteiger partial charge is 0.335 e. The third-order valence-electron chi connectivity index (χ3n) is 2.38. The number of carboxylic acid groups (broad SMARTS) is 2. The van der Waals surface area contributed by atoms with Crippen LogP contribution in [0.25, 0.3) is 6.08 Å². The topological polar surface area (TPSA) is 74.6 Å². The first-order valence-corrected chi connectivity index (χ1v) is 4.38. The first kappa shape index (κ1) is 9.45. The van der Waals surface area contributed by atoms with Crippen molar-refractivity contribution in [2.45, 2.75) is 6.42 Å². The molecule has 1 aromatic rings. The fourth-order valence-corrected chi connectivity index (χ4v) is 1.61. The molecule has 0 saturated heterocycles. The molecule has 0 heterocycles. The van der Waals surface area contributed by atoms with Crippen molar-refractivity contribution in [1.82, 2.24) is 0 Å². The zero-order valence-corrected chi connectivity index (χ0v) is 7.73. The molecule has 0 unspecified atom stereocenters. The molecule has 0 atom stereocenters.